The summed E-state index contributed by atoms with van der Waals surface area (Å²) < 4.78 is 4.33. The SMILES string of the molecule is CCc1ccc(-c2cccc3c2C=C(C(C)C)[CH]3[Zr+2]2([CH]3C(C(C)C)=Cc4c(-c5ccc(CC)cc5)cccc43)[CH2]C[CH2]2)cc1.[Cl-].[Cl-]. The number of aryl methyl sites for hydroxylation is 2. The van der Waals surface area contributed by atoms with Gasteiger partial charge in [-0.05, 0) is 0 Å². The first-order chi connectivity index (χ1) is 21.4. The molecule has 1 fully saturated rings. The summed E-state index contributed by atoms with van der Waals surface area (Å²) >= 11 is -2.89. The molecule has 1 heterocycles. The number of halogens is 2. The van der Waals surface area contributed by atoms with E-state index in [2.05, 4.69) is 139 Å². The van der Waals surface area contributed by atoms with Crippen molar-refractivity contribution >= 4 is 12.2 Å². The first kappa shape index (κ1) is 35.1. The van der Waals surface area contributed by atoms with E-state index in [-0.39, 0.29) is 24.8 Å². The van der Waals surface area contributed by atoms with Gasteiger partial charge in [0.05, 0.1) is 0 Å². The zero-order chi connectivity index (χ0) is 30.6. The van der Waals surface area contributed by atoms with Crippen molar-refractivity contribution in [2.45, 2.75) is 76.3 Å². The van der Waals surface area contributed by atoms with Gasteiger partial charge in [-0.3, -0.25) is 0 Å². The van der Waals surface area contributed by atoms with Gasteiger partial charge in [0.15, 0.2) is 0 Å². The molecule has 0 spiro atoms. The van der Waals surface area contributed by atoms with Crippen LogP contribution in [0, 0.1) is 11.8 Å². The van der Waals surface area contributed by atoms with Crippen LogP contribution in [0.3, 0.4) is 0 Å². The first-order valence-corrected chi connectivity index (χ1v) is 23.5. The Morgan fingerprint density at radius 2 is 0.957 bits per heavy atom. The predicted octanol–water partition coefficient (Wildman–Crippen LogP) is 6.44. The van der Waals surface area contributed by atoms with Crippen LogP contribution < -0.4 is 24.8 Å². The maximum atomic E-state index is 2.66. The topological polar surface area (TPSA) is 0 Å². The fourth-order valence-electron chi connectivity index (χ4n) is 8.81. The molecule has 3 aliphatic rings. The summed E-state index contributed by atoms with van der Waals surface area (Å²) in [6.45, 7) is 14.3. The van der Waals surface area contributed by atoms with E-state index in [0.717, 1.165) is 12.8 Å². The Morgan fingerprint density at radius 3 is 1.26 bits per heavy atom. The van der Waals surface area contributed by atoms with E-state index in [1.54, 1.807) is 22.3 Å². The van der Waals surface area contributed by atoms with Crippen molar-refractivity contribution in [3.8, 4) is 22.3 Å². The van der Waals surface area contributed by atoms with Gasteiger partial charge in [0.25, 0.3) is 0 Å². The smallest absolute Gasteiger partial charge is 1.00 e. The number of hydrogen-bond acceptors (Lipinski definition) is 0. The Labute approximate surface area is 295 Å². The van der Waals surface area contributed by atoms with Crippen LogP contribution in [0.1, 0.15) is 88.6 Å². The van der Waals surface area contributed by atoms with Gasteiger partial charge in [-0.2, -0.15) is 0 Å². The summed E-state index contributed by atoms with van der Waals surface area (Å²) in [7, 11) is 0. The van der Waals surface area contributed by atoms with Crippen molar-refractivity contribution in [2.24, 2.45) is 11.8 Å². The molecular weight excluding hydrogens is 679 g/mol. The van der Waals surface area contributed by atoms with E-state index >= 15 is 0 Å². The minimum Gasteiger partial charge on any atom is -1.00 e. The molecule has 2 aliphatic carbocycles. The molecule has 4 aromatic rings. The number of rotatable bonds is 8. The Morgan fingerprint density at radius 1 is 0.565 bits per heavy atom. The molecule has 3 heteroatoms. The van der Waals surface area contributed by atoms with Gasteiger partial charge in [-0.15, -0.1) is 0 Å². The monoisotopic (exact) mass is 724 g/mol. The number of allylic oxidation sites excluding steroid dienone is 2. The second kappa shape index (κ2) is 14.1. The predicted molar refractivity (Wildman–Crippen MR) is 188 cm³/mol. The molecule has 4 aromatic carbocycles. The van der Waals surface area contributed by atoms with E-state index in [1.165, 1.54) is 59.2 Å². The Kier molecular flexibility index (Phi) is 10.8. The van der Waals surface area contributed by atoms with Gasteiger partial charge >= 0.3 is 272 Å². The van der Waals surface area contributed by atoms with Crippen LogP contribution in [0.2, 0.25) is 8.26 Å². The Balaban J connectivity index is 0.00000208. The fourth-order valence-corrected chi connectivity index (χ4v) is 24.9. The van der Waals surface area contributed by atoms with Crippen molar-refractivity contribution in [3.05, 3.63) is 129 Å². The summed E-state index contributed by atoms with van der Waals surface area (Å²) in [4.78, 5) is 0. The standard InChI is InChI=1S/2C20H21.C3H6.2ClH.Zr/c2*1-4-15-8-10-16(11-9-15)19-7-5-6-17-12-18(14(2)3)13-20(17)19;1-3-2;;;/h2*5-14H,4H2,1-3H3;1-3H2;2*1H;/q;;;;;+2/p-2. The third-order valence-electron chi connectivity index (χ3n) is 11.3. The molecule has 2 atom stereocenters. The molecule has 2 unspecified atom stereocenters. The molecule has 0 bridgehead atoms. The van der Waals surface area contributed by atoms with Crippen LogP contribution in [-0.4, -0.2) is 0 Å². The maximum Gasteiger partial charge on any atom is -1.00 e. The van der Waals surface area contributed by atoms with Gasteiger partial charge in [0.2, 0.25) is 0 Å². The second-order valence-electron chi connectivity index (χ2n) is 14.3. The van der Waals surface area contributed by atoms with Gasteiger partial charge in [-0.25, -0.2) is 0 Å². The molecule has 0 nitrogen and oxygen atoms in total. The average Bonchev–Trinajstić information content (AvgIpc) is 3.61. The van der Waals surface area contributed by atoms with Crippen LogP contribution >= 0.6 is 0 Å². The molecule has 0 N–H and O–H groups in total. The maximum absolute atomic E-state index is 2.89. The first-order valence-electron chi connectivity index (χ1n) is 17.2. The van der Waals surface area contributed by atoms with E-state index in [4.69, 9.17) is 0 Å². The quantitative estimate of drug-likeness (QED) is 0.196. The molecule has 7 rings (SSSR count). The van der Waals surface area contributed by atoms with Crippen LogP contribution in [0.25, 0.3) is 34.4 Å². The molecular formula is C43H48Cl2Zr. The summed E-state index contributed by atoms with van der Waals surface area (Å²) in [5.41, 5.74) is 18.2. The summed E-state index contributed by atoms with van der Waals surface area (Å²) in [5, 5.41) is 0. The molecule has 238 valence electrons. The van der Waals surface area contributed by atoms with Crippen molar-refractivity contribution in [1.29, 1.82) is 0 Å². The van der Waals surface area contributed by atoms with Gasteiger partial charge in [-0.1, -0.05) is 0 Å². The van der Waals surface area contributed by atoms with Gasteiger partial charge in [0, 0.05) is 0 Å². The Hall–Kier alpha value is -2.18. The number of benzene rings is 4. The molecule has 0 saturated carbocycles. The third kappa shape index (κ3) is 5.78. The van der Waals surface area contributed by atoms with Crippen molar-refractivity contribution < 1.29 is 45.1 Å². The molecule has 0 amide bonds. The number of fused-ring (bicyclic) bond motifs is 2. The van der Waals surface area contributed by atoms with E-state index in [0.29, 0.717) is 19.1 Å². The molecule has 46 heavy (non-hydrogen) atoms. The summed E-state index contributed by atoms with van der Waals surface area (Å²) in [5.74, 6) is 1.13. The summed E-state index contributed by atoms with van der Waals surface area (Å²) in [6, 6.07) is 33.2. The van der Waals surface area contributed by atoms with E-state index < -0.39 is 20.3 Å². The largest absolute Gasteiger partial charge is 1.00 e. The van der Waals surface area contributed by atoms with Crippen molar-refractivity contribution in [1.82, 2.24) is 0 Å². The molecule has 1 aliphatic heterocycles. The zero-order valence-electron chi connectivity index (χ0n) is 28.3. The van der Waals surface area contributed by atoms with Crippen molar-refractivity contribution in [2.75, 3.05) is 0 Å². The van der Waals surface area contributed by atoms with Crippen LogP contribution in [0.4, 0.5) is 0 Å². The number of hydrogen-bond donors (Lipinski definition) is 0. The molecule has 0 radical (unpaired) electrons. The van der Waals surface area contributed by atoms with Gasteiger partial charge in [0.1, 0.15) is 0 Å². The minimum atomic E-state index is -2.89. The minimum absolute atomic E-state index is 0. The normalized spacial score (nSPS) is 18.3. The van der Waals surface area contributed by atoms with Crippen LogP contribution in [0.15, 0.2) is 96.1 Å². The second-order valence-corrected chi connectivity index (χ2v) is 25.6. The van der Waals surface area contributed by atoms with Gasteiger partial charge < -0.3 is 24.8 Å². The van der Waals surface area contributed by atoms with E-state index in [1.807, 2.05) is 0 Å². The molecule has 1 saturated heterocycles. The average molecular weight is 727 g/mol. The zero-order valence-corrected chi connectivity index (χ0v) is 32.3. The molecule has 0 aromatic heterocycles. The van der Waals surface area contributed by atoms with Crippen molar-refractivity contribution in [3.63, 3.8) is 0 Å². The fraction of sp³-hybridized carbons (Fsp3) is 0.349. The van der Waals surface area contributed by atoms with E-state index in [9.17, 15) is 0 Å². The van der Waals surface area contributed by atoms with Crippen LogP contribution in [0.5, 0.6) is 0 Å². The summed E-state index contributed by atoms with van der Waals surface area (Å²) in [6.07, 6.45) is 8.91. The van der Waals surface area contributed by atoms with Crippen LogP contribution in [-0.2, 0) is 33.1 Å². The Bertz CT molecular complexity index is 1630. The third-order valence-corrected chi connectivity index (χ3v) is 26.4.